The zero-order valence-corrected chi connectivity index (χ0v) is 6.11. The highest BCUT2D eigenvalue weighted by atomic mass is 16.1. The minimum atomic E-state index is -0.510. The van der Waals surface area contributed by atoms with Gasteiger partial charge in [0.05, 0.1) is 0 Å². The minimum Gasteiger partial charge on any atom is -0.301 e. The van der Waals surface area contributed by atoms with Crippen LogP contribution in [-0.4, -0.2) is 16.1 Å². The molecule has 0 N–H and O–H groups in total. The molecule has 1 aromatic heterocycles. The lowest BCUT2D eigenvalue weighted by Crippen LogP contribution is -2.28. The summed E-state index contributed by atoms with van der Waals surface area (Å²) >= 11 is 0. The number of carbonyl (C=O) groups is 1. The maximum atomic E-state index is 10.5. The van der Waals surface area contributed by atoms with E-state index < -0.39 is 5.54 Å². The molecule has 0 saturated carbocycles. The second-order valence-electron chi connectivity index (χ2n) is 2.72. The Morgan fingerprint density at radius 2 is 2.30 bits per heavy atom. The molecule has 0 aliphatic heterocycles. The van der Waals surface area contributed by atoms with Crippen LogP contribution in [0, 0.1) is 0 Å². The van der Waals surface area contributed by atoms with E-state index in [2.05, 4.69) is 5.10 Å². The lowest BCUT2D eigenvalue weighted by molar-refractivity contribution is -0.114. The Morgan fingerprint density at radius 1 is 1.60 bits per heavy atom. The number of aldehydes is 1. The van der Waals surface area contributed by atoms with Gasteiger partial charge in [-0.2, -0.15) is 5.10 Å². The minimum absolute atomic E-state index is 0.510. The molecule has 0 atom stereocenters. The second kappa shape index (κ2) is 2.25. The molecule has 0 aliphatic rings. The molecule has 54 valence electrons. The van der Waals surface area contributed by atoms with Gasteiger partial charge in [-0.05, 0) is 19.9 Å². The first-order chi connectivity index (χ1) is 4.67. The number of nitrogens with zero attached hydrogens (tertiary/aromatic N) is 2. The van der Waals surface area contributed by atoms with Crippen molar-refractivity contribution in [2.45, 2.75) is 19.4 Å². The van der Waals surface area contributed by atoms with Crippen molar-refractivity contribution in [2.75, 3.05) is 0 Å². The Hall–Kier alpha value is -1.12. The summed E-state index contributed by atoms with van der Waals surface area (Å²) in [5.74, 6) is 0. The molecule has 0 unspecified atom stereocenters. The standard InChI is InChI=1S/C7H10N2O/c1-7(2,6-10)9-5-3-4-8-9/h3-6H,1-2H3. The molecule has 0 bridgehead atoms. The summed E-state index contributed by atoms with van der Waals surface area (Å²) < 4.78 is 1.62. The van der Waals surface area contributed by atoms with Gasteiger partial charge >= 0.3 is 0 Å². The molecular weight excluding hydrogens is 128 g/mol. The van der Waals surface area contributed by atoms with E-state index in [1.54, 1.807) is 23.1 Å². The van der Waals surface area contributed by atoms with E-state index in [-0.39, 0.29) is 0 Å². The Bertz CT molecular complexity index is 214. The molecule has 0 radical (unpaired) electrons. The van der Waals surface area contributed by atoms with Crippen LogP contribution in [0.3, 0.4) is 0 Å². The number of aromatic nitrogens is 2. The first-order valence-corrected chi connectivity index (χ1v) is 3.13. The van der Waals surface area contributed by atoms with Crippen molar-refractivity contribution in [2.24, 2.45) is 0 Å². The SMILES string of the molecule is CC(C)(C=O)n1cccn1. The topological polar surface area (TPSA) is 34.9 Å². The third-order valence-electron chi connectivity index (χ3n) is 1.38. The summed E-state index contributed by atoms with van der Waals surface area (Å²) in [6.45, 7) is 3.62. The van der Waals surface area contributed by atoms with Crippen molar-refractivity contribution in [1.29, 1.82) is 0 Å². The number of hydrogen-bond acceptors (Lipinski definition) is 2. The Kier molecular flexibility index (Phi) is 1.57. The number of hydrogen-bond donors (Lipinski definition) is 0. The smallest absolute Gasteiger partial charge is 0.147 e. The molecule has 1 rings (SSSR count). The van der Waals surface area contributed by atoms with Gasteiger partial charge in [-0.1, -0.05) is 0 Å². The first-order valence-electron chi connectivity index (χ1n) is 3.13. The van der Waals surface area contributed by atoms with Gasteiger partial charge in [0.1, 0.15) is 11.8 Å². The lowest BCUT2D eigenvalue weighted by atomic mass is 10.1. The molecule has 3 nitrogen and oxygen atoms in total. The molecule has 0 amide bonds. The molecule has 0 fully saturated rings. The van der Waals surface area contributed by atoms with E-state index >= 15 is 0 Å². The van der Waals surface area contributed by atoms with Gasteiger partial charge in [-0.15, -0.1) is 0 Å². The van der Waals surface area contributed by atoms with E-state index in [0.29, 0.717) is 0 Å². The van der Waals surface area contributed by atoms with E-state index in [1.165, 1.54) is 0 Å². The highest BCUT2D eigenvalue weighted by Gasteiger charge is 2.17. The lowest BCUT2D eigenvalue weighted by Gasteiger charge is -2.16. The van der Waals surface area contributed by atoms with Gasteiger partial charge in [0, 0.05) is 12.4 Å². The van der Waals surface area contributed by atoms with E-state index in [1.807, 2.05) is 13.8 Å². The van der Waals surface area contributed by atoms with Crippen molar-refractivity contribution in [3.63, 3.8) is 0 Å². The van der Waals surface area contributed by atoms with Crippen LogP contribution < -0.4 is 0 Å². The molecule has 10 heavy (non-hydrogen) atoms. The van der Waals surface area contributed by atoms with E-state index in [4.69, 9.17) is 0 Å². The summed E-state index contributed by atoms with van der Waals surface area (Å²) in [5.41, 5.74) is -0.510. The quantitative estimate of drug-likeness (QED) is 0.567. The monoisotopic (exact) mass is 138 g/mol. The molecular formula is C7H10N2O. The van der Waals surface area contributed by atoms with Gasteiger partial charge in [0.15, 0.2) is 0 Å². The van der Waals surface area contributed by atoms with Gasteiger partial charge in [0.25, 0.3) is 0 Å². The fraction of sp³-hybridized carbons (Fsp3) is 0.429. The number of carbonyl (C=O) groups excluding carboxylic acids is 1. The zero-order valence-electron chi connectivity index (χ0n) is 6.11. The van der Waals surface area contributed by atoms with Crippen LogP contribution in [0.25, 0.3) is 0 Å². The largest absolute Gasteiger partial charge is 0.301 e. The molecule has 1 heterocycles. The number of rotatable bonds is 2. The predicted octanol–water partition coefficient (Wildman–Crippen LogP) is 0.817. The summed E-state index contributed by atoms with van der Waals surface area (Å²) in [5, 5.41) is 3.94. The summed E-state index contributed by atoms with van der Waals surface area (Å²) in [6, 6.07) is 1.80. The Morgan fingerprint density at radius 3 is 2.70 bits per heavy atom. The fourth-order valence-electron chi connectivity index (χ4n) is 0.664. The molecule has 0 aliphatic carbocycles. The van der Waals surface area contributed by atoms with Crippen LogP contribution in [-0.2, 0) is 10.3 Å². The maximum Gasteiger partial charge on any atom is 0.147 e. The van der Waals surface area contributed by atoms with E-state index in [0.717, 1.165) is 6.29 Å². The molecule has 3 heteroatoms. The maximum absolute atomic E-state index is 10.5. The third-order valence-corrected chi connectivity index (χ3v) is 1.38. The normalized spacial score (nSPS) is 11.4. The third kappa shape index (κ3) is 1.07. The highest BCUT2D eigenvalue weighted by Crippen LogP contribution is 2.08. The van der Waals surface area contributed by atoms with Crippen molar-refractivity contribution in [3.05, 3.63) is 18.5 Å². The van der Waals surface area contributed by atoms with Gasteiger partial charge in [-0.3, -0.25) is 4.68 Å². The summed E-state index contributed by atoms with van der Waals surface area (Å²) in [4.78, 5) is 10.5. The van der Waals surface area contributed by atoms with Crippen LogP contribution in [0.5, 0.6) is 0 Å². The van der Waals surface area contributed by atoms with Gasteiger partial charge in [-0.25, -0.2) is 0 Å². The van der Waals surface area contributed by atoms with Crippen molar-refractivity contribution < 1.29 is 4.79 Å². The first kappa shape index (κ1) is 6.99. The van der Waals surface area contributed by atoms with Crippen LogP contribution in [0.2, 0.25) is 0 Å². The average molecular weight is 138 g/mol. The van der Waals surface area contributed by atoms with Gasteiger partial charge < -0.3 is 4.79 Å². The summed E-state index contributed by atoms with van der Waals surface area (Å²) in [7, 11) is 0. The van der Waals surface area contributed by atoms with Crippen molar-refractivity contribution >= 4 is 6.29 Å². The highest BCUT2D eigenvalue weighted by molar-refractivity contribution is 5.60. The molecule has 0 spiro atoms. The average Bonchev–Trinajstić information content (AvgIpc) is 2.38. The van der Waals surface area contributed by atoms with Crippen LogP contribution in [0.4, 0.5) is 0 Å². The Labute approximate surface area is 59.7 Å². The molecule has 0 saturated heterocycles. The van der Waals surface area contributed by atoms with Crippen LogP contribution in [0.15, 0.2) is 18.5 Å². The molecule has 0 aromatic carbocycles. The van der Waals surface area contributed by atoms with Crippen LogP contribution in [0.1, 0.15) is 13.8 Å². The second-order valence-corrected chi connectivity index (χ2v) is 2.72. The van der Waals surface area contributed by atoms with Crippen molar-refractivity contribution in [1.82, 2.24) is 9.78 Å². The summed E-state index contributed by atoms with van der Waals surface area (Å²) in [6.07, 6.45) is 4.31. The van der Waals surface area contributed by atoms with Crippen LogP contribution >= 0.6 is 0 Å². The van der Waals surface area contributed by atoms with Crippen molar-refractivity contribution in [3.8, 4) is 0 Å². The molecule has 1 aromatic rings. The van der Waals surface area contributed by atoms with Gasteiger partial charge in [0.2, 0.25) is 0 Å². The van der Waals surface area contributed by atoms with E-state index in [9.17, 15) is 4.79 Å². The Balaban J connectivity index is 2.95. The predicted molar refractivity (Wildman–Crippen MR) is 37.6 cm³/mol. The zero-order chi connectivity index (χ0) is 7.61. The fourth-order valence-corrected chi connectivity index (χ4v) is 0.664.